The summed E-state index contributed by atoms with van der Waals surface area (Å²) in [6, 6.07) is 16.7. The number of phenols is 1. The average molecular weight is 913 g/mol. The monoisotopic (exact) mass is 912 g/mol. The van der Waals surface area contributed by atoms with Crippen molar-refractivity contribution in [3.05, 3.63) is 107 Å². The minimum Gasteiger partial charge on any atom is -0.506 e. The van der Waals surface area contributed by atoms with E-state index >= 15 is 0 Å². The largest absolute Gasteiger partial charge is 0.506 e. The lowest BCUT2D eigenvalue weighted by atomic mass is 9.91. The number of aromatic amines is 1. The van der Waals surface area contributed by atoms with Crippen LogP contribution in [0.5, 0.6) is 5.75 Å². The van der Waals surface area contributed by atoms with Gasteiger partial charge in [-0.1, -0.05) is 38.1 Å². The number of rotatable bonds is 16. The van der Waals surface area contributed by atoms with Crippen LogP contribution >= 0.6 is 22.7 Å². The van der Waals surface area contributed by atoms with Crippen LogP contribution in [0.15, 0.2) is 64.8 Å². The van der Waals surface area contributed by atoms with Gasteiger partial charge >= 0.3 is 5.97 Å². The van der Waals surface area contributed by atoms with E-state index in [9.17, 15) is 19.8 Å². The number of hydrogen-bond acceptors (Lipinski definition) is 13. The maximum Gasteiger partial charge on any atom is 0.349 e. The Kier molecular flexibility index (Phi) is 13.2. The average Bonchev–Trinajstić information content (AvgIpc) is 4.09. The Morgan fingerprint density at radius 3 is 2.57 bits per heavy atom. The Balaban J connectivity index is 0.885. The standard InChI is InChI=1S/C47H60N6O7S2Si/c1-29-11-19-41(62-29)47(57,40-10-8-23-61-40)45(56)59-32-14-12-31(13-15-32)52(5)21-9-22-53-44-36-28-58-27-35(36)30(24-37(44)50-51-53)25-48-26-39(60-63(6,7)46(2,3)4)33-16-18-38(54)43-34(33)17-20-42(55)49-43/h8,10-11,16-20,23-24,31-32,39,48,54,57H,9,12-15,21-22,25-28H2,1-7H3,(H,49,55)/t31-,32-,39?,47-/m1/s1. The van der Waals surface area contributed by atoms with E-state index in [0.29, 0.717) is 47.6 Å². The Labute approximate surface area is 377 Å². The number of aryl methyl sites for hydroxylation is 2. The van der Waals surface area contributed by atoms with Crippen LogP contribution in [0.2, 0.25) is 18.1 Å². The minimum absolute atomic E-state index is 0.0275. The molecule has 1 saturated carbocycles. The van der Waals surface area contributed by atoms with Gasteiger partial charge in [0, 0.05) is 47.6 Å². The summed E-state index contributed by atoms with van der Waals surface area (Å²) in [6.07, 6.45) is 3.66. The molecule has 8 rings (SSSR count). The molecule has 1 aliphatic heterocycles. The number of esters is 1. The van der Waals surface area contributed by atoms with Crippen LogP contribution in [0.4, 0.5) is 0 Å². The second-order valence-corrected chi connectivity index (χ2v) is 25.7. The Morgan fingerprint density at radius 2 is 1.86 bits per heavy atom. The van der Waals surface area contributed by atoms with Gasteiger partial charge in [0.05, 0.1) is 40.1 Å². The van der Waals surface area contributed by atoms with E-state index in [4.69, 9.17) is 13.9 Å². The van der Waals surface area contributed by atoms with E-state index in [2.05, 4.69) is 72.5 Å². The lowest BCUT2D eigenvalue weighted by Crippen LogP contribution is -2.43. The maximum absolute atomic E-state index is 13.6. The molecule has 0 spiro atoms. The third kappa shape index (κ3) is 9.32. The molecule has 5 heterocycles. The zero-order valence-corrected chi connectivity index (χ0v) is 40.0. The Hall–Kier alpha value is -4.26. The topological polar surface area (TPSA) is 164 Å². The molecular formula is C47H60N6O7S2Si. The Bertz CT molecular complexity index is 2630. The maximum atomic E-state index is 13.6. The number of ether oxygens (including phenoxy) is 2. The number of aromatic nitrogens is 4. The SMILES string of the molecule is Cc1ccc([C@@](O)(C(=O)O[C@H]2CC[C@H](N(C)CCCn3nnc4cc(CNCC(O[Si](C)(C)C(C)(C)C)c5ccc(O)c6[nH]c(=O)ccc56)c5c(c43)COC5)CC2)c2cccs2)s1. The number of phenolic OH excluding ortho intramolecular Hbond substituents is 1. The number of fused-ring (bicyclic) bond motifs is 4. The number of nitrogens with zero attached hydrogens (tertiary/aromatic N) is 4. The first kappa shape index (κ1) is 45.3. The molecule has 4 N–H and O–H groups in total. The molecule has 336 valence electrons. The fraction of sp³-hybridized carbons (Fsp3) is 0.489. The highest BCUT2D eigenvalue weighted by Crippen LogP contribution is 2.42. The Morgan fingerprint density at radius 1 is 1.08 bits per heavy atom. The van der Waals surface area contributed by atoms with Gasteiger partial charge in [0.2, 0.25) is 11.2 Å². The van der Waals surface area contributed by atoms with Crippen LogP contribution in [0, 0.1) is 6.92 Å². The molecule has 16 heteroatoms. The smallest absolute Gasteiger partial charge is 0.349 e. The summed E-state index contributed by atoms with van der Waals surface area (Å²) in [6.45, 7) is 16.8. The molecule has 0 saturated heterocycles. The first-order chi connectivity index (χ1) is 30.0. The molecular weight excluding hydrogens is 853 g/mol. The van der Waals surface area contributed by atoms with Gasteiger partial charge in [-0.05, 0) is 129 Å². The number of hydrogen-bond donors (Lipinski definition) is 4. The number of H-pyrrole nitrogens is 1. The third-order valence-corrected chi connectivity index (χ3v) is 20.0. The second kappa shape index (κ2) is 18.3. The van der Waals surface area contributed by atoms with E-state index < -0.39 is 19.9 Å². The predicted molar refractivity (Wildman–Crippen MR) is 251 cm³/mol. The van der Waals surface area contributed by atoms with Crippen LogP contribution in [-0.4, -0.2) is 81.7 Å². The van der Waals surface area contributed by atoms with Crippen LogP contribution in [-0.2, 0) is 50.6 Å². The van der Waals surface area contributed by atoms with Gasteiger partial charge < -0.3 is 39.3 Å². The number of thiophene rings is 2. The molecule has 6 aromatic rings. The summed E-state index contributed by atoms with van der Waals surface area (Å²) in [5.74, 6) is -0.566. The molecule has 1 fully saturated rings. The molecule has 4 aromatic heterocycles. The zero-order chi connectivity index (χ0) is 44.7. The van der Waals surface area contributed by atoms with Crippen molar-refractivity contribution in [2.45, 2.75) is 128 Å². The van der Waals surface area contributed by atoms with E-state index in [0.717, 1.165) is 83.2 Å². The molecule has 0 radical (unpaired) electrons. The summed E-state index contributed by atoms with van der Waals surface area (Å²) < 4.78 is 21.2. The molecule has 1 unspecified atom stereocenters. The number of carbonyl (C=O) groups excluding carboxylic acids is 1. The van der Waals surface area contributed by atoms with E-state index in [-0.39, 0.29) is 28.6 Å². The summed E-state index contributed by atoms with van der Waals surface area (Å²) >= 11 is 2.78. The van der Waals surface area contributed by atoms with E-state index in [1.807, 2.05) is 41.3 Å². The van der Waals surface area contributed by atoms with E-state index in [1.54, 1.807) is 18.2 Å². The number of aliphatic hydroxyl groups is 1. The van der Waals surface area contributed by atoms with Crippen LogP contribution in [0.25, 0.3) is 21.9 Å². The first-order valence-electron chi connectivity index (χ1n) is 22.0. The first-order valence-corrected chi connectivity index (χ1v) is 26.6. The van der Waals surface area contributed by atoms with Crippen molar-refractivity contribution in [3.63, 3.8) is 0 Å². The molecule has 1 aliphatic carbocycles. The van der Waals surface area contributed by atoms with Crippen LogP contribution in [0.3, 0.4) is 0 Å². The quantitative estimate of drug-likeness (QED) is 0.0545. The lowest BCUT2D eigenvalue weighted by Gasteiger charge is -2.39. The highest BCUT2D eigenvalue weighted by molar-refractivity contribution is 7.13. The van der Waals surface area contributed by atoms with Crippen molar-refractivity contribution in [2.24, 2.45) is 0 Å². The molecule has 0 amide bonds. The van der Waals surface area contributed by atoms with Gasteiger partial charge in [-0.2, -0.15) is 0 Å². The van der Waals surface area contributed by atoms with Crippen molar-refractivity contribution < 1.29 is 28.9 Å². The van der Waals surface area contributed by atoms with Gasteiger partial charge in [0.25, 0.3) is 0 Å². The minimum atomic E-state index is -2.24. The summed E-state index contributed by atoms with van der Waals surface area (Å²) in [5, 5.41) is 37.9. The number of pyridine rings is 1. The van der Waals surface area contributed by atoms with Crippen molar-refractivity contribution >= 4 is 58.9 Å². The van der Waals surface area contributed by atoms with Crippen molar-refractivity contribution in [2.75, 3.05) is 20.1 Å². The number of nitrogens with one attached hydrogen (secondary N) is 2. The summed E-state index contributed by atoms with van der Waals surface area (Å²) in [4.78, 5) is 33.2. The van der Waals surface area contributed by atoms with E-state index in [1.165, 1.54) is 34.3 Å². The highest BCUT2D eigenvalue weighted by Gasteiger charge is 2.45. The molecule has 0 bridgehead atoms. The van der Waals surface area contributed by atoms with Gasteiger partial charge in [-0.15, -0.1) is 27.8 Å². The van der Waals surface area contributed by atoms with Crippen molar-refractivity contribution in [1.29, 1.82) is 0 Å². The number of benzene rings is 2. The fourth-order valence-electron chi connectivity index (χ4n) is 8.78. The second-order valence-electron chi connectivity index (χ2n) is 18.7. The number of carbonyl (C=O) groups is 1. The van der Waals surface area contributed by atoms with Gasteiger partial charge in [0.1, 0.15) is 17.4 Å². The molecule has 2 aromatic carbocycles. The van der Waals surface area contributed by atoms with Gasteiger partial charge in [-0.25, -0.2) is 9.48 Å². The predicted octanol–water partition coefficient (Wildman–Crippen LogP) is 8.41. The lowest BCUT2D eigenvalue weighted by molar-refractivity contribution is -0.169. The van der Waals surface area contributed by atoms with Crippen LogP contribution in [0.1, 0.15) is 95.9 Å². The summed E-state index contributed by atoms with van der Waals surface area (Å²) in [7, 11) is -0.0747. The molecule has 13 nitrogen and oxygen atoms in total. The third-order valence-electron chi connectivity index (χ3n) is 13.4. The highest BCUT2D eigenvalue weighted by atomic mass is 32.1. The van der Waals surface area contributed by atoms with Crippen molar-refractivity contribution in [3.8, 4) is 5.75 Å². The van der Waals surface area contributed by atoms with Crippen molar-refractivity contribution in [1.82, 2.24) is 30.2 Å². The normalized spacial score (nSPS) is 18.6. The molecule has 2 atom stereocenters. The van der Waals surface area contributed by atoms with Gasteiger partial charge in [-0.3, -0.25) is 4.79 Å². The van der Waals surface area contributed by atoms with Gasteiger partial charge in [0.15, 0.2) is 8.32 Å². The number of aromatic hydroxyl groups is 1. The summed E-state index contributed by atoms with van der Waals surface area (Å²) in [5.41, 5.74) is 4.55. The van der Waals surface area contributed by atoms with Crippen LogP contribution < -0.4 is 10.9 Å². The fourth-order valence-corrected chi connectivity index (χ4v) is 11.9. The zero-order valence-electron chi connectivity index (χ0n) is 37.3. The molecule has 2 aliphatic rings. The molecule has 63 heavy (non-hydrogen) atoms.